The number of benzene rings is 2. The van der Waals surface area contributed by atoms with Gasteiger partial charge in [0.1, 0.15) is 36.4 Å². The standard InChI is InChI=1S/C16H15FN4O3.C16H13FN4O3/c2*1-2-19-15(22)8-7-14(20-10-13(9-18-20)21(23)24)16(19)11-3-5-12(17)6-4-11/h3-6,9-10H,2,7-8H2,1H3;3-10H,2H2,1H3. The van der Waals surface area contributed by atoms with Crippen LogP contribution in [0.5, 0.6) is 0 Å². The van der Waals surface area contributed by atoms with Crippen LogP contribution in [0.1, 0.15) is 32.3 Å². The van der Waals surface area contributed by atoms with Gasteiger partial charge in [-0.2, -0.15) is 10.2 Å². The molecule has 0 spiro atoms. The van der Waals surface area contributed by atoms with Gasteiger partial charge in [-0.05, 0) is 68.4 Å². The van der Waals surface area contributed by atoms with Gasteiger partial charge < -0.3 is 9.47 Å². The first-order chi connectivity index (χ1) is 23.0. The average Bonchev–Trinajstić information content (AvgIpc) is 3.77. The van der Waals surface area contributed by atoms with Gasteiger partial charge in [0.2, 0.25) is 5.91 Å². The molecule has 5 aromatic rings. The van der Waals surface area contributed by atoms with Gasteiger partial charge in [-0.1, -0.05) is 0 Å². The summed E-state index contributed by atoms with van der Waals surface area (Å²) in [6.07, 6.45) is 5.59. The Balaban J connectivity index is 0.000000188. The fourth-order valence-electron chi connectivity index (χ4n) is 5.32. The van der Waals surface area contributed by atoms with Crippen LogP contribution in [0, 0.1) is 31.9 Å². The highest BCUT2D eigenvalue weighted by Crippen LogP contribution is 2.34. The van der Waals surface area contributed by atoms with E-state index in [0.717, 1.165) is 6.20 Å². The first kappa shape index (κ1) is 33.1. The minimum atomic E-state index is -0.545. The lowest BCUT2D eigenvalue weighted by Gasteiger charge is -2.31. The molecule has 6 rings (SSSR count). The second kappa shape index (κ2) is 14.0. The minimum absolute atomic E-state index is 0.0396. The molecule has 0 N–H and O–H groups in total. The van der Waals surface area contributed by atoms with Gasteiger partial charge in [-0.15, -0.1) is 0 Å². The van der Waals surface area contributed by atoms with Crippen LogP contribution in [-0.4, -0.2) is 51.3 Å². The number of hydrogen-bond acceptors (Lipinski definition) is 8. The van der Waals surface area contributed by atoms with Gasteiger partial charge in [0, 0.05) is 43.1 Å². The maximum absolute atomic E-state index is 13.2. The number of halogens is 2. The van der Waals surface area contributed by atoms with Crippen molar-refractivity contribution in [3.8, 4) is 16.9 Å². The minimum Gasteiger partial charge on any atom is -0.310 e. The van der Waals surface area contributed by atoms with Gasteiger partial charge in [0.15, 0.2) is 0 Å². The van der Waals surface area contributed by atoms with E-state index in [-0.39, 0.29) is 28.7 Å². The van der Waals surface area contributed by atoms with E-state index in [4.69, 9.17) is 0 Å². The lowest BCUT2D eigenvalue weighted by Crippen LogP contribution is -2.34. The van der Waals surface area contributed by atoms with Crippen LogP contribution >= 0.6 is 0 Å². The lowest BCUT2D eigenvalue weighted by molar-refractivity contribution is -0.385. The van der Waals surface area contributed by atoms with Crippen LogP contribution in [0.3, 0.4) is 0 Å². The van der Waals surface area contributed by atoms with Gasteiger partial charge in [-0.25, -0.2) is 18.1 Å². The van der Waals surface area contributed by atoms with Gasteiger partial charge >= 0.3 is 11.4 Å². The van der Waals surface area contributed by atoms with Crippen LogP contribution in [0.4, 0.5) is 20.2 Å². The molecule has 0 saturated carbocycles. The maximum Gasteiger partial charge on any atom is 0.307 e. The zero-order valence-electron chi connectivity index (χ0n) is 25.7. The molecule has 0 aliphatic carbocycles. The summed E-state index contributed by atoms with van der Waals surface area (Å²) in [5, 5.41) is 29.8. The topological polar surface area (TPSA) is 164 Å². The van der Waals surface area contributed by atoms with E-state index >= 15 is 0 Å². The maximum atomic E-state index is 13.2. The van der Waals surface area contributed by atoms with Gasteiger partial charge in [0.05, 0.1) is 32.6 Å². The highest BCUT2D eigenvalue weighted by molar-refractivity contribution is 5.97. The lowest BCUT2D eigenvalue weighted by atomic mass is 10.0. The number of amides is 1. The average molecular weight is 659 g/mol. The molecule has 14 nitrogen and oxygen atoms in total. The molecule has 3 aromatic heterocycles. The summed E-state index contributed by atoms with van der Waals surface area (Å²) in [4.78, 5) is 46.7. The van der Waals surface area contributed by atoms with Crippen LogP contribution in [0.15, 0.2) is 90.2 Å². The second-order valence-corrected chi connectivity index (χ2v) is 10.4. The van der Waals surface area contributed by atoms with Crippen LogP contribution in [0.25, 0.3) is 28.3 Å². The molecule has 1 aliphatic rings. The van der Waals surface area contributed by atoms with Crippen molar-refractivity contribution >= 4 is 28.7 Å². The van der Waals surface area contributed by atoms with Gasteiger partial charge in [0.25, 0.3) is 5.56 Å². The molecule has 0 fully saturated rings. The number of nitro groups is 2. The molecule has 1 amide bonds. The quantitative estimate of drug-likeness (QED) is 0.152. The van der Waals surface area contributed by atoms with E-state index in [1.165, 1.54) is 62.9 Å². The van der Waals surface area contributed by atoms with Crippen LogP contribution in [0.2, 0.25) is 0 Å². The molecular formula is C32H28F2N8O6. The third-order valence-corrected chi connectivity index (χ3v) is 7.53. The zero-order valence-corrected chi connectivity index (χ0v) is 25.7. The number of carbonyl (C=O) groups excluding carboxylic acids is 1. The van der Waals surface area contributed by atoms with E-state index < -0.39 is 15.7 Å². The molecule has 0 bridgehead atoms. The smallest absolute Gasteiger partial charge is 0.307 e. The van der Waals surface area contributed by atoms with Crippen molar-refractivity contribution < 1.29 is 23.4 Å². The first-order valence-electron chi connectivity index (χ1n) is 14.7. The molecule has 1 aliphatic heterocycles. The van der Waals surface area contributed by atoms with Crippen molar-refractivity contribution in [1.29, 1.82) is 0 Å². The summed E-state index contributed by atoms with van der Waals surface area (Å²) in [5.74, 6) is -0.806. The largest absolute Gasteiger partial charge is 0.310 e. The molecule has 0 unspecified atom stereocenters. The molecular weight excluding hydrogens is 630 g/mol. The summed E-state index contributed by atoms with van der Waals surface area (Å²) in [6, 6.07) is 14.4. The predicted molar refractivity (Wildman–Crippen MR) is 171 cm³/mol. The Kier molecular flexibility index (Phi) is 9.63. The summed E-state index contributed by atoms with van der Waals surface area (Å²) < 4.78 is 30.7. The summed E-state index contributed by atoms with van der Waals surface area (Å²) in [6.45, 7) is 4.49. The number of pyridine rings is 1. The SMILES string of the molecule is CCN1C(=O)CCC(n2cc([N+](=O)[O-])cn2)=C1c1ccc(F)cc1.CCn1c(-c2ccc(F)cc2)c(-n2cc([N+](=O)[O-])cn2)ccc1=O. The summed E-state index contributed by atoms with van der Waals surface area (Å²) in [5.41, 5.74) is 3.07. The predicted octanol–water partition coefficient (Wildman–Crippen LogP) is 5.67. The molecule has 0 atom stereocenters. The number of allylic oxidation sites excluding steroid dienone is 1. The Labute approximate surface area is 271 Å². The highest BCUT2D eigenvalue weighted by Gasteiger charge is 2.29. The Morgan fingerprint density at radius 2 is 1.27 bits per heavy atom. The fraction of sp³-hybridized carbons (Fsp3) is 0.188. The van der Waals surface area contributed by atoms with E-state index in [1.807, 2.05) is 13.8 Å². The van der Waals surface area contributed by atoms with Crippen molar-refractivity contribution in [2.24, 2.45) is 0 Å². The Morgan fingerprint density at radius 1 is 0.729 bits per heavy atom. The molecule has 48 heavy (non-hydrogen) atoms. The molecule has 246 valence electrons. The van der Waals surface area contributed by atoms with Crippen molar-refractivity contribution in [3.63, 3.8) is 0 Å². The van der Waals surface area contributed by atoms with Gasteiger partial charge in [-0.3, -0.25) is 29.8 Å². The van der Waals surface area contributed by atoms with E-state index in [2.05, 4.69) is 10.2 Å². The van der Waals surface area contributed by atoms with Crippen molar-refractivity contribution in [2.45, 2.75) is 33.2 Å². The Morgan fingerprint density at radius 3 is 1.79 bits per heavy atom. The summed E-state index contributed by atoms with van der Waals surface area (Å²) in [7, 11) is 0. The third kappa shape index (κ3) is 6.76. The second-order valence-electron chi connectivity index (χ2n) is 10.4. The number of nitrogens with zero attached hydrogens (tertiary/aromatic N) is 8. The van der Waals surface area contributed by atoms with Crippen molar-refractivity contribution in [2.75, 3.05) is 6.54 Å². The number of carbonyl (C=O) groups is 1. The highest BCUT2D eigenvalue weighted by atomic mass is 19.1. The summed E-state index contributed by atoms with van der Waals surface area (Å²) >= 11 is 0. The molecule has 4 heterocycles. The normalized spacial score (nSPS) is 12.9. The molecule has 2 aromatic carbocycles. The van der Waals surface area contributed by atoms with Crippen LogP contribution < -0.4 is 5.56 Å². The molecule has 0 radical (unpaired) electrons. The number of rotatable bonds is 8. The Bertz CT molecular complexity index is 2080. The first-order valence-corrected chi connectivity index (χ1v) is 14.7. The third-order valence-electron chi connectivity index (χ3n) is 7.53. The van der Waals surface area contributed by atoms with Crippen molar-refractivity contribution in [3.05, 3.63) is 133 Å². The van der Waals surface area contributed by atoms with E-state index in [9.17, 15) is 38.6 Å². The molecule has 0 saturated heterocycles. The number of hydrogen-bond donors (Lipinski definition) is 0. The Hall–Kier alpha value is -6.32. The van der Waals surface area contributed by atoms with Crippen LogP contribution in [-0.2, 0) is 11.3 Å². The van der Waals surface area contributed by atoms with E-state index in [0.29, 0.717) is 59.8 Å². The molecule has 16 heteroatoms. The van der Waals surface area contributed by atoms with Crippen molar-refractivity contribution in [1.82, 2.24) is 29.0 Å². The monoisotopic (exact) mass is 658 g/mol. The number of aromatic nitrogens is 5. The fourth-order valence-corrected chi connectivity index (χ4v) is 5.32. The van der Waals surface area contributed by atoms with E-state index in [1.54, 1.807) is 35.2 Å². The zero-order chi connectivity index (χ0) is 34.5.